The Bertz CT molecular complexity index is 649. The van der Waals surface area contributed by atoms with Gasteiger partial charge in [0, 0.05) is 6.20 Å². The topological polar surface area (TPSA) is 82.5 Å². The smallest absolute Gasteiger partial charge is 0.124 e. The van der Waals surface area contributed by atoms with Crippen molar-refractivity contribution < 1.29 is 13.0 Å². The van der Waals surface area contributed by atoms with E-state index in [2.05, 4.69) is 9.98 Å². The Balaban J connectivity index is 2.19. The summed E-state index contributed by atoms with van der Waals surface area (Å²) in [5.74, 6) is 0. The summed E-state index contributed by atoms with van der Waals surface area (Å²) >= 11 is 0. The largest absolute Gasteiger partial charge is 0.744 e. The van der Waals surface area contributed by atoms with Crippen molar-refractivity contribution in [2.24, 2.45) is 4.99 Å². The third-order valence-corrected chi connectivity index (χ3v) is 3.01. The van der Waals surface area contributed by atoms with Gasteiger partial charge in [-0.1, -0.05) is 6.07 Å². The number of pyridine rings is 1. The number of nitrogens with zero attached hydrogens (tertiary/aromatic N) is 2. The molecule has 1 aromatic heterocycles. The van der Waals surface area contributed by atoms with E-state index < -0.39 is 10.1 Å². The monoisotopic (exact) mass is 261 g/mol. The van der Waals surface area contributed by atoms with Crippen LogP contribution in [0.25, 0.3) is 0 Å². The number of benzene rings is 1. The predicted octanol–water partition coefficient (Wildman–Crippen LogP) is 1.74. The zero-order valence-corrected chi connectivity index (χ0v) is 10.0. The molecule has 0 amide bonds. The van der Waals surface area contributed by atoms with Gasteiger partial charge in [0.25, 0.3) is 0 Å². The van der Waals surface area contributed by atoms with Crippen molar-refractivity contribution in [2.75, 3.05) is 0 Å². The number of aromatic nitrogens is 1. The second-order valence-corrected chi connectivity index (χ2v) is 4.84. The Morgan fingerprint density at radius 1 is 1.11 bits per heavy atom. The lowest BCUT2D eigenvalue weighted by molar-refractivity contribution is 0.463. The van der Waals surface area contributed by atoms with Gasteiger partial charge in [-0.2, -0.15) is 0 Å². The molecule has 0 aliphatic rings. The van der Waals surface area contributed by atoms with Gasteiger partial charge in [-0.3, -0.25) is 9.98 Å². The van der Waals surface area contributed by atoms with E-state index in [1.54, 1.807) is 24.5 Å². The molecule has 92 valence electrons. The summed E-state index contributed by atoms with van der Waals surface area (Å²) in [6.45, 7) is 0. The minimum Gasteiger partial charge on any atom is -0.744 e. The molecule has 0 spiro atoms. The first-order chi connectivity index (χ1) is 8.55. The summed E-state index contributed by atoms with van der Waals surface area (Å²) in [4.78, 5) is 7.91. The summed E-state index contributed by atoms with van der Waals surface area (Å²) in [6, 6.07) is 10.8. The molecule has 2 rings (SSSR count). The number of rotatable bonds is 3. The van der Waals surface area contributed by atoms with Gasteiger partial charge in [-0.25, -0.2) is 8.42 Å². The van der Waals surface area contributed by atoms with Crippen LogP contribution in [0.4, 0.5) is 5.69 Å². The Morgan fingerprint density at radius 3 is 2.39 bits per heavy atom. The molecule has 0 atom stereocenters. The number of hydrogen-bond acceptors (Lipinski definition) is 5. The maximum absolute atomic E-state index is 10.7. The van der Waals surface area contributed by atoms with Crippen LogP contribution < -0.4 is 0 Å². The molecule has 5 nitrogen and oxygen atoms in total. The molecule has 2 aromatic rings. The van der Waals surface area contributed by atoms with Crippen LogP contribution in [0.1, 0.15) is 5.69 Å². The predicted molar refractivity (Wildman–Crippen MR) is 65.9 cm³/mol. The van der Waals surface area contributed by atoms with Crippen LogP contribution in [-0.4, -0.2) is 24.2 Å². The van der Waals surface area contributed by atoms with E-state index in [1.807, 2.05) is 6.07 Å². The highest BCUT2D eigenvalue weighted by Gasteiger charge is 1.99. The molecule has 0 unspecified atom stereocenters. The highest BCUT2D eigenvalue weighted by molar-refractivity contribution is 7.85. The molecule has 0 bridgehead atoms. The van der Waals surface area contributed by atoms with Crippen LogP contribution in [0.15, 0.2) is 58.5 Å². The number of hydrogen-bond donors (Lipinski definition) is 0. The fraction of sp³-hybridized carbons (Fsp3) is 0. The molecule has 0 saturated carbocycles. The maximum atomic E-state index is 10.7. The molecule has 0 aliphatic carbocycles. The van der Waals surface area contributed by atoms with E-state index in [4.69, 9.17) is 0 Å². The normalized spacial score (nSPS) is 11.8. The van der Waals surface area contributed by atoms with Gasteiger partial charge in [-0.05, 0) is 36.4 Å². The zero-order valence-electron chi connectivity index (χ0n) is 9.22. The fourth-order valence-electron chi connectivity index (χ4n) is 1.29. The lowest BCUT2D eigenvalue weighted by Crippen LogP contribution is -1.97. The van der Waals surface area contributed by atoms with Gasteiger partial charge in [0.1, 0.15) is 10.1 Å². The Morgan fingerprint density at radius 2 is 1.83 bits per heavy atom. The molecule has 6 heteroatoms. The number of aliphatic imine (C=N–C) groups is 1. The van der Waals surface area contributed by atoms with E-state index >= 15 is 0 Å². The molecular weight excluding hydrogens is 252 g/mol. The van der Waals surface area contributed by atoms with E-state index in [-0.39, 0.29) is 4.90 Å². The summed E-state index contributed by atoms with van der Waals surface area (Å²) in [7, 11) is -4.40. The van der Waals surface area contributed by atoms with Gasteiger partial charge < -0.3 is 4.55 Å². The van der Waals surface area contributed by atoms with Crippen molar-refractivity contribution in [1.29, 1.82) is 0 Å². The average Bonchev–Trinajstić information content (AvgIpc) is 2.37. The lowest BCUT2D eigenvalue weighted by atomic mass is 10.3. The summed E-state index contributed by atoms with van der Waals surface area (Å²) in [5.41, 5.74) is 1.24. The van der Waals surface area contributed by atoms with Crippen LogP contribution in [0.5, 0.6) is 0 Å². The van der Waals surface area contributed by atoms with Crippen LogP contribution in [0.3, 0.4) is 0 Å². The Hall–Kier alpha value is -2.05. The lowest BCUT2D eigenvalue weighted by Gasteiger charge is -2.05. The van der Waals surface area contributed by atoms with Crippen LogP contribution in [0.2, 0.25) is 0 Å². The first kappa shape index (κ1) is 12.4. The zero-order chi connectivity index (χ0) is 13.0. The van der Waals surface area contributed by atoms with Crippen LogP contribution in [0, 0.1) is 0 Å². The van der Waals surface area contributed by atoms with Gasteiger partial charge in [0.15, 0.2) is 0 Å². The van der Waals surface area contributed by atoms with Gasteiger partial charge in [0.05, 0.1) is 22.5 Å². The molecular formula is C12H9N2O3S-. The molecule has 1 aromatic carbocycles. The van der Waals surface area contributed by atoms with Crippen molar-refractivity contribution in [1.82, 2.24) is 4.98 Å². The van der Waals surface area contributed by atoms with Crippen LogP contribution in [-0.2, 0) is 10.1 Å². The molecule has 0 fully saturated rings. The van der Waals surface area contributed by atoms with Crippen molar-refractivity contribution in [3.63, 3.8) is 0 Å². The van der Waals surface area contributed by atoms with E-state index in [1.165, 1.54) is 24.3 Å². The average molecular weight is 261 g/mol. The second kappa shape index (κ2) is 5.07. The molecule has 0 saturated heterocycles. The quantitative estimate of drug-likeness (QED) is 0.622. The van der Waals surface area contributed by atoms with Crippen molar-refractivity contribution in [3.8, 4) is 0 Å². The van der Waals surface area contributed by atoms with E-state index in [9.17, 15) is 13.0 Å². The molecule has 0 N–H and O–H groups in total. The third kappa shape index (κ3) is 3.22. The fourth-order valence-corrected chi connectivity index (χ4v) is 1.76. The van der Waals surface area contributed by atoms with Crippen molar-refractivity contribution in [2.45, 2.75) is 4.90 Å². The highest BCUT2D eigenvalue weighted by atomic mass is 32.2. The van der Waals surface area contributed by atoms with Crippen molar-refractivity contribution in [3.05, 3.63) is 54.4 Å². The Kier molecular flexibility index (Phi) is 3.50. The molecule has 0 aliphatic heterocycles. The summed E-state index contributed by atoms with van der Waals surface area (Å²) < 4.78 is 32.2. The minimum atomic E-state index is -4.40. The van der Waals surface area contributed by atoms with E-state index in [0.717, 1.165) is 0 Å². The first-order valence-corrected chi connectivity index (χ1v) is 6.47. The maximum Gasteiger partial charge on any atom is 0.124 e. The standard InChI is InChI=1S/C12H10N2O3S/c15-18(16,17)12-6-4-10(5-7-12)14-9-11-3-1-2-8-13-11/h1-9H,(H,15,16,17)/p-1. The van der Waals surface area contributed by atoms with E-state index in [0.29, 0.717) is 11.4 Å². The third-order valence-electron chi connectivity index (χ3n) is 2.16. The highest BCUT2D eigenvalue weighted by Crippen LogP contribution is 2.15. The van der Waals surface area contributed by atoms with Crippen molar-refractivity contribution >= 4 is 22.0 Å². The molecule has 18 heavy (non-hydrogen) atoms. The SMILES string of the molecule is O=S(=O)([O-])c1ccc(N=Cc2ccccn2)cc1. The van der Waals surface area contributed by atoms with Gasteiger partial charge >= 0.3 is 0 Å². The summed E-state index contributed by atoms with van der Waals surface area (Å²) in [6.07, 6.45) is 3.20. The summed E-state index contributed by atoms with van der Waals surface area (Å²) in [5, 5.41) is 0. The second-order valence-electron chi connectivity index (χ2n) is 3.46. The molecule has 0 radical (unpaired) electrons. The van der Waals surface area contributed by atoms with Gasteiger partial charge in [-0.15, -0.1) is 0 Å². The first-order valence-electron chi connectivity index (χ1n) is 5.07. The molecule has 1 heterocycles. The minimum absolute atomic E-state index is 0.265. The van der Waals surface area contributed by atoms with Crippen LogP contribution >= 0.6 is 0 Å². The Labute approximate surface area is 105 Å². The van der Waals surface area contributed by atoms with Gasteiger partial charge in [0.2, 0.25) is 0 Å².